The van der Waals surface area contributed by atoms with Crippen LogP contribution in [0, 0.1) is 17.1 Å². The minimum absolute atomic E-state index is 0. The third kappa shape index (κ3) is 6.04. The van der Waals surface area contributed by atoms with E-state index in [0.717, 1.165) is 22.1 Å². The number of hydrogen-bond donors (Lipinski definition) is 1. The summed E-state index contributed by atoms with van der Waals surface area (Å²) in [6.45, 7) is 0. The summed E-state index contributed by atoms with van der Waals surface area (Å²) in [5, 5.41) is 11.9. The molecule has 1 saturated heterocycles. The number of rotatable bonds is 7. The number of nitriles is 1. The molecule has 41 heavy (non-hydrogen) atoms. The summed E-state index contributed by atoms with van der Waals surface area (Å²) in [6, 6.07) is 10.6. The highest BCUT2D eigenvalue weighted by Crippen LogP contribution is 2.39. The van der Waals surface area contributed by atoms with Gasteiger partial charge >= 0.3 is 0 Å². The molecular weight excluding hydrogens is 537 g/mol. The fraction of sp³-hybridized carbons (Fsp3) is 0.310. The maximum atomic E-state index is 14.4. The number of nitrogens with one attached hydrogen (secondary N) is 1. The second kappa shape index (κ2) is 11.8. The van der Waals surface area contributed by atoms with Crippen molar-refractivity contribution in [1.82, 2.24) is 15.3 Å². The third-order valence-electron chi connectivity index (χ3n) is 6.88. The summed E-state index contributed by atoms with van der Waals surface area (Å²) in [4.78, 5) is 51.2. The molecule has 1 aromatic carbocycles. The van der Waals surface area contributed by atoms with Crippen LogP contribution in [0.5, 0.6) is 0 Å². The number of hydrogen-bond acceptors (Lipinski definition) is 6. The van der Waals surface area contributed by atoms with E-state index < -0.39 is 60.4 Å². The molecule has 0 bridgehead atoms. The molecule has 1 aliphatic carbocycles. The Morgan fingerprint density at radius 3 is 2.54 bits per heavy atom. The van der Waals surface area contributed by atoms with Gasteiger partial charge in [0.15, 0.2) is 0 Å². The average molecular weight is 565 g/mol. The summed E-state index contributed by atoms with van der Waals surface area (Å²) in [5.74, 6) is -5.48. The van der Waals surface area contributed by atoms with Crippen molar-refractivity contribution in [3.05, 3.63) is 84.1 Å². The summed E-state index contributed by atoms with van der Waals surface area (Å²) in [6.07, 6.45) is 2.45. The molecule has 3 aromatic rings. The van der Waals surface area contributed by atoms with E-state index in [1.54, 1.807) is 30.3 Å². The predicted octanol–water partition coefficient (Wildman–Crippen LogP) is 4.31. The topological polar surface area (TPSA) is 119 Å². The van der Waals surface area contributed by atoms with Gasteiger partial charge in [0.25, 0.3) is 11.8 Å². The minimum atomic E-state index is -2.89. The summed E-state index contributed by atoms with van der Waals surface area (Å²) >= 11 is 0. The van der Waals surface area contributed by atoms with E-state index >= 15 is 0 Å². The van der Waals surface area contributed by atoms with Crippen molar-refractivity contribution in [2.45, 2.75) is 57.2 Å². The first-order chi connectivity index (χ1) is 19.2. The SMILES string of the molecule is C.N#Cc1ccnc(N2C(=O)CC[C@H]2C(=O)N(c2cncc(F)c2)[C@H](C(=O)NC2CC(F)(F)C2)c2ccccc2)c1. The van der Waals surface area contributed by atoms with Gasteiger partial charge < -0.3 is 5.32 Å². The monoisotopic (exact) mass is 564 g/mol. The Morgan fingerprint density at radius 1 is 1.15 bits per heavy atom. The van der Waals surface area contributed by atoms with Crippen molar-refractivity contribution in [3.8, 4) is 6.07 Å². The minimum Gasteiger partial charge on any atom is -0.351 e. The van der Waals surface area contributed by atoms with Crippen LogP contribution in [0.15, 0.2) is 67.1 Å². The smallest absolute Gasteiger partial charge is 0.252 e. The standard InChI is InChI=1S/C28H23F3N6O3.CH4/c29-19-11-21(16-33-15-19)36(25(18-4-2-1-3-5-18)26(39)35-20-12-28(30,31)13-20)27(40)22-6-7-24(38)37(22)23-10-17(14-32)8-9-34-23;/h1-5,8-11,15-16,20,22,25H,6-7,12-13H2,(H,35,39);1H4/t22-,25-;/m0./s1. The highest BCUT2D eigenvalue weighted by molar-refractivity contribution is 6.10. The molecule has 2 aliphatic rings. The van der Waals surface area contributed by atoms with Crippen molar-refractivity contribution < 1.29 is 27.6 Å². The Balaban J connectivity index is 0.00000387. The van der Waals surface area contributed by atoms with E-state index in [1.165, 1.54) is 24.5 Å². The van der Waals surface area contributed by atoms with Crippen LogP contribution in [0.25, 0.3) is 0 Å². The highest BCUT2D eigenvalue weighted by Gasteiger charge is 2.48. The Bertz CT molecular complexity index is 1490. The second-order valence-electron chi connectivity index (χ2n) is 9.69. The van der Waals surface area contributed by atoms with Gasteiger partial charge in [0, 0.05) is 37.6 Å². The lowest BCUT2D eigenvalue weighted by molar-refractivity contribution is -0.133. The molecule has 2 fully saturated rings. The van der Waals surface area contributed by atoms with E-state index in [2.05, 4.69) is 15.3 Å². The van der Waals surface area contributed by atoms with Gasteiger partial charge in [0.1, 0.15) is 23.7 Å². The van der Waals surface area contributed by atoms with E-state index in [9.17, 15) is 32.8 Å². The number of pyridine rings is 2. The molecule has 0 radical (unpaired) electrons. The van der Waals surface area contributed by atoms with Gasteiger partial charge in [-0.15, -0.1) is 0 Å². The lowest BCUT2D eigenvalue weighted by Gasteiger charge is -2.39. The van der Waals surface area contributed by atoms with Gasteiger partial charge in [-0.3, -0.25) is 29.2 Å². The molecule has 2 atom stereocenters. The molecule has 2 aromatic heterocycles. The largest absolute Gasteiger partial charge is 0.351 e. The van der Waals surface area contributed by atoms with Gasteiger partial charge in [-0.1, -0.05) is 37.8 Å². The number of benzene rings is 1. The molecule has 0 unspecified atom stereocenters. The predicted molar refractivity (Wildman–Crippen MR) is 143 cm³/mol. The number of carbonyl (C=O) groups excluding carboxylic acids is 3. The number of carbonyl (C=O) groups is 3. The zero-order chi connectivity index (χ0) is 28.4. The van der Waals surface area contributed by atoms with E-state index in [-0.39, 0.29) is 37.3 Å². The number of nitrogens with zero attached hydrogens (tertiary/aromatic N) is 5. The maximum absolute atomic E-state index is 14.4. The molecule has 1 saturated carbocycles. The molecule has 1 N–H and O–H groups in total. The van der Waals surface area contributed by atoms with Crippen LogP contribution in [0.4, 0.5) is 24.7 Å². The third-order valence-corrected chi connectivity index (χ3v) is 6.88. The molecule has 9 nitrogen and oxygen atoms in total. The van der Waals surface area contributed by atoms with Crippen LogP contribution in [-0.4, -0.2) is 45.7 Å². The zero-order valence-corrected chi connectivity index (χ0v) is 21.0. The van der Waals surface area contributed by atoms with E-state index in [0.29, 0.717) is 5.56 Å². The van der Waals surface area contributed by atoms with Crippen LogP contribution in [-0.2, 0) is 14.4 Å². The fourth-order valence-corrected chi connectivity index (χ4v) is 5.02. The summed E-state index contributed by atoms with van der Waals surface area (Å²) in [5.41, 5.74) is 0.496. The van der Waals surface area contributed by atoms with Gasteiger partial charge in [-0.2, -0.15) is 5.26 Å². The first-order valence-electron chi connectivity index (χ1n) is 12.5. The zero-order valence-electron chi connectivity index (χ0n) is 21.0. The summed E-state index contributed by atoms with van der Waals surface area (Å²) in [7, 11) is 0. The normalized spacial score (nSPS) is 18.4. The van der Waals surface area contributed by atoms with Crippen LogP contribution in [0.3, 0.4) is 0 Å². The van der Waals surface area contributed by atoms with Crippen molar-refractivity contribution in [2.75, 3.05) is 9.80 Å². The van der Waals surface area contributed by atoms with Crippen LogP contribution in [0.1, 0.15) is 50.3 Å². The van der Waals surface area contributed by atoms with Crippen LogP contribution < -0.4 is 15.1 Å². The summed E-state index contributed by atoms with van der Waals surface area (Å²) < 4.78 is 41.5. The molecule has 1 aliphatic heterocycles. The van der Waals surface area contributed by atoms with Gasteiger partial charge in [-0.25, -0.2) is 18.2 Å². The Kier molecular flexibility index (Phi) is 8.37. The number of alkyl halides is 2. The van der Waals surface area contributed by atoms with Crippen LogP contribution >= 0.6 is 0 Å². The lowest BCUT2D eigenvalue weighted by atomic mass is 9.87. The molecule has 0 spiro atoms. The van der Waals surface area contributed by atoms with Crippen molar-refractivity contribution >= 4 is 29.2 Å². The average Bonchev–Trinajstić information content (AvgIpc) is 3.32. The molecule has 5 rings (SSSR count). The van der Waals surface area contributed by atoms with Gasteiger partial charge in [-0.05, 0) is 24.1 Å². The molecule has 3 amide bonds. The van der Waals surface area contributed by atoms with E-state index in [4.69, 9.17) is 0 Å². The first kappa shape index (κ1) is 29.2. The van der Waals surface area contributed by atoms with Crippen molar-refractivity contribution in [1.29, 1.82) is 5.26 Å². The van der Waals surface area contributed by atoms with Crippen molar-refractivity contribution in [2.24, 2.45) is 0 Å². The number of aromatic nitrogens is 2. The Hall–Kier alpha value is -4.79. The van der Waals surface area contributed by atoms with E-state index in [1.807, 2.05) is 6.07 Å². The quantitative estimate of drug-likeness (QED) is 0.457. The molecule has 212 valence electrons. The molecule has 3 heterocycles. The molecule has 12 heteroatoms. The number of halogens is 3. The van der Waals surface area contributed by atoms with Crippen LogP contribution in [0.2, 0.25) is 0 Å². The number of anilines is 2. The molecular formula is C29H27F3N6O3. The maximum Gasteiger partial charge on any atom is 0.252 e. The Labute approximate surface area is 234 Å². The second-order valence-corrected chi connectivity index (χ2v) is 9.69. The fourth-order valence-electron chi connectivity index (χ4n) is 5.02. The first-order valence-corrected chi connectivity index (χ1v) is 12.5. The number of amides is 3. The Morgan fingerprint density at radius 2 is 1.88 bits per heavy atom. The van der Waals surface area contributed by atoms with Gasteiger partial charge in [0.05, 0.1) is 29.7 Å². The van der Waals surface area contributed by atoms with Crippen molar-refractivity contribution in [3.63, 3.8) is 0 Å². The highest BCUT2D eigenvalue weighted by atomic mass is 19.3. The van der Waals surface area contributed by atoms with Gasteiger partial charge in [0.2, 0.25) is 11.8 Å². The lowest BCUT2D eigenvalue weighted by Crippen LogP contribution is -2.56.